The minimum Gasteiger partial charge on any atom is -0.496 e. The van der Waals surface area contributed by atoms with E-state index in [0.717, 1.165) is 43.5 Å². The number of anilines is 2. The number of benzene rings is 6. The molecule has 25 heteroatoms. The highest BCUT2D eigenvalue weighted by atomic mass is 19.1. The third-order valence-corrected chi connectivity index (χ3v) is 25.6. The number of carboxylic acids is 1. The van der Waals surface area contributed by atoms with Crippen molar-refractivity contribution >= 4 is 35.1 Å². The zero-order chi connectivity index (χ0) is 84.0. The van der Waals surface area contributed by atoms with Crippen molar-refractivity contribution in [3.63, 3.8) is 0 Å². The summed E-state index contributed by atoms with van der Waals surface area (Å²) in [6.45, 7) is 17.3. The monoisotopic (exact) mass is 1590 g/mol. The number of carboxylic acid groups (broad SMARTS) is 1. The summed E-state index contributed by atoms with van der Waals surface area (Å²) in [6.07, 6.45) is 2.02. The van der Waals surface area contributed by atoms with Crippen molar-refractivity contribution in [2.45, 2.75) is 168 Å². The van der Waals surface area contributed by atoms with E-state index in [1.54, 1.807) is 45.0 Å². The molecule has 2 saturated heterocycles. The topological polar surface area (TPSA) is 288 Å². The van der Waals surface area contributed by atoms with Crippen molar-refractivity contribution in [2.24, 2.45) is 63.9 Å². The highest BCUT2D eigenvalue weighted by Crippen LogP contribution is 2.62. The fourth-order valence-corrected chi connectivity index (χ4v) is 19.3. The molecule has 14 rings (SSSR count). The zero-order valence-electron chi connectivity index (χ0n) is 70.4. The van der Waals surface area contributed by atoms with Crippen LogP contribution in [-0.2, 0) is 45.2 Å². The number of ether oxygens (including phenoxy) is 2. The van der Waals surface area contributed by atoms with Gasteiger partial charge in [-0.15, -0.1) is 0 Å². The SMILES string of the molecule is CN(C)C[C@@H](N)Cc1ccccc1.COc1c(CN2O[C@@H](CO)[C@@H]([C@H](C)O)[C@H]2C(=O)N[C@H]2C[C@H]3C[C@@H]([C@@H]2C)C3(C)C)cc(F)cc1-c1cc(C(=O)N[C@@H](Cc2ccccc2)CN(C)C)cc(N(C)C)c1.COc1c(CN2O[C@@H](CO)[C@@H]([C@H](C)O)[C@H]2C(=O)N[C@H]2C[C@H]3C[C@@H]([C@@H]2C)C3(C)C)cc(F)cc1-c1cc(C(=O)O)cc(N(C)C)c1. The molecule has 628 valence electrons. The number of hydrogen-bond donors (Lipinski definition) is 9. The Morgan fingerprint density at radius 2 is 0.974 bits per heavy atom. The molecular formula is C90H126F2N10O13. The number of aromatic carboxylic acids is 1. The van der Waals surface area contributed by atoms with Gasteiger partial charge < -0.3 is 76.3 Å². The average Bonchev–Trinajstić information content (AvgIpc) is 1.20. The largest absolute Gasteiger partial charge is 0.496 e. The van der Waals surface area contributed by atoms with Gasteiger partial charge >= 0.3 is 5.97 Å². The molecule has 4 bridgehead atoms. The van der Waals surface area contributed by atoms with Crippen molar-refractivity contribution in [1.29, 1.82) is 0 Å². The molecule has 2 heterocycles. The quantitative estimate of drug-likeness (QED) is 0.0211. The summed E-state index contributed by atoms with van der Waals surface area (Å²) in [7, 11) is 18.3. The standard InChI is InChI=1S/C45H62FN5O6.C34H46FN3O7.C11H18N2/c1-26-37-20-32(45(37,3)4)21-38(26)48-44(55)41-40(27(2)53)39(25-52)57-51(41)23-31-17-33(46)22-36(42(31)56-9)29-16-30(19-35(18-29)50(7)8)43(54)47-34(24-49(5)6)15-28-13-11-10-12-14-28;1-17-26-12-22(34(26,3)4)13-27(17)36-32(41)30-29(18(2)40)28(16-39)45-38(30)15-21-9-23(35)14-25(31(21)44-7)19-8-20(33(42)43)11-24(10-19)37(5)6;1-13(2)9-11(12)8-10-6-4-3-5-7-10/h10-14,16-19,22,26-27,32,34,37-41,52-53H,15,20-21,23-25H2,1-9H3,(H,47,54)(H,48,55);8-11,14,17-18,22,26-30,39-40H,12-13,15-16H2,1-7H3,(H,36,41)(H,42,43);3-7,11H,8-9,12H2,1-2H3/t26-,27-,32+,34-,37-,38-,39-,40+,41-;17-,18-,22+,26-,27-,28-,29+,30-;11-/m000/s1. The van der Waals surface area contributed by atoms with Gasteiger partial charge in [0.15, 0.2) is 0 Å². The summed E-state index contributed by atoms with van der Waals surface area (Å²) in [6, 6.07) is 34.0. The maximum absolute atomic E-state index is 15.8. The van der Waals surface area contributed by atoms with E-state index in [-0.39, 0.29) is 89.0 Å². The van der Waals surface area contributed by atoms with Gasteiger partial charge in [0, 0.05) is 116 Å². The van der Waals surface area contributed by atoms with E-state index in [9.17, 15) is 44.7 Å². The number of carbonyl (C=O) groups is 4. The molecular weight excluding hydrogens is 1470 g/mol. The van der Waals surface area contributed by atoms with Crippen molar-refractivity contribution < 1.29 is 72.6 Å². The summed E-state index contributed by atoms with van der Waals surface area (Å²) >= 11 is 0. The van der Waals surface area contributed by atoms with Crippen LogP contribution in [0, 0.1) is 69.8 Å². The van der Waals surface area contributed by atoms with Crippen LogP contribution < -0.4 is 41.0 Å². The smallest absolute Gasteiger partial charge is 0.335 e. The number of hydrogen-bond acceptors (Lipinski definition) is 19. The fourth-order valence-electron chi connectivity index (χ4n) is 19.3. The number of likely N-dealkylation sites (N-methyl/N-ethyl adjacent to an activating group) is 2. The molecule has 23 nitrogen and oxygen atoms in total. The number of fused-ring (bicyclic) bond motifs is 4. The minimum absolute atomic E-state index is 0.0262. The molecule has 10 N–H and O–H groups in total. The van der Waals surface area contributed by atoms with E-state index in [1.807, 2.05) is 101 Å². The Balaban J connectivity index is 0.000000214. The molecule has 8 fully saturated rings. The van der Waals surface area contributed by atoms with Crippen molar-refractivity contribution in [3.05, 3.63) is 166 Å². The van der Waals surface area contributed by atoms with Gasteiger partial charge in [-0.05, 0) is 210 Å². The van der Waals surface area contributed by atoms with Gasteiger partial charge in [0.2, 0.25) is 11.8 Å². The summed E-state index contributed by atoms with van der Waals surface area (Å²) in [5.41, 5.74) is 13.2. The number of halogens is 2. The Morgan fingerprint density at radius 1 is 0.574 bits per heavy atom. The van der Waals surface area contributed by atoms with Crippen molar-refractivity contribution in [3.8, 4) is 33.8 Å². The molecule has 0 aromatic heterocycles. The molecule has 18 atom stereocenters. The van der Waals surface area contributed by atoms with E-state index in [4.69, 9.17) is 24.9 Å². The van der Waals surface area contributed by atoms with E-state index < -0.39 is 79.2 Å². The Morgan fingerprint density at radius 3 is 1.33 bits per heavy atom. The van der Waals surface area contributed by atoms with E-state index >= 15 is 8.78 Å². The normalized spacial score (nSPS) is 26.1. The summed E-state index contributed by atoms with van der Waals surface area (Å²) in [5.74, 6) is -1.33. The molecule has 2 aliphatic heterocycles. The first-order valence-corrected chi connectivity index (χ1v) is 40.5. The number of nitrogens with two attached hydrogens (primary N) is 1. The first kappa shape index (κ1) is 89.2. The van der Waals surface area contributed by atoms with Crippen LogP contribution in [0.15, 0.2) is 121 Å². The zero-order valence-corrected chi connectivity index (χ0v) is 70.4. The molecule has 6 aromatic rings. The lowest BCUT2D eigenvalue weighted by molar-refractivity contribution is -0.183. The Hall–Kier alpha value is -8.18. The summed E-state index contributed by atoms with van der Waals surface area (Å²) in [5, 5.41) is 64.7. The van der Waals surface area contributed by atoms with Crippen LogP contribution in [0.2, 0.25) is 0 Å². The van der Waals surface area contributed by atoms with Crippen molar-refractivity contribution in [2.75, 3.05) is 107 Å². The maximum atomic E-state index is 15.8. The maximum Gasteiger partial charge on any atom is 0.335 e. The van der Waals surface area contributed by atoms with Gasteiger partial charge in [0.1, 0.15) is 47.4 Å². The Kier molecular flexibility index (Phi) is 29.5. The molecule has 3 amide bonds. The lowest BCUT2D eigenvalue weighted by Gasteiger charge is -2.62. The van der Waals surface area contributed by atoms with Gasteiger partial charge in [0.05, 0.1) is 58.3 Å². The highest BCUT2D eigenvalue weighted by Gasteiger charge is 2.59. The number of nitrogens with one attached hydrogen (secondary N) is 3. The molecule has 6 saturated carbocycles. The van der Waals surface area contributed by atoms with Gasteiger partial charge in [-0.3, -0.25) is 24.1 Å². The third kappa shape index (κ3) is 20.5. The molecule has 6 aromatic carbocycles. The molecule has 8 aliphatic rings. The summed E-state index contributed by atoms with van der Waals surface area (Å²) < 4.78 is 42.9. The number of methoxy groups -OCH3 is 2. The lowest BCUT2D eigenvalue weighted by atomic mass is 9.45. The van der Waals surface area contributed by atoms with Crippen LogP contribution in [0.1, 0.15) is 124 Å². The minimum atomic E-state index is -1.12. The lowest BCUT2D eigenvalue weighted by Crippen LogP contribution is -2.62. The van der Waals surface area contributed by atoms with Crippen LogP contribution in [0.4, 0.5) is 20.2 Å². The number of amides is 3. The Bertz CT molecular complexity index is 4300. The van der Waals surface area contributed by atoms with Gasteiger partial charge in [-0.2, -0.15) is 10.1 Å². The van der Waals surface area contributed by atoms with Gasteiger partial charge in [-0.1, -0.05) is 102 Å². The van der Waals surface area contributed by atoms with E-state index in [0.29, 0.717) is 87.0 Å². The van der Waals surface area contributed by atoms with E-state index in [2.05, 4.69) is 86.7 Å². The molecule has 115 heavy (non-hydrogen) atoms. The van der Waals surface area contributed by atoms with Crippen LogP contribution >= 0.6 is 0 Å². The van der Waals surface area contributed by atoms with E-state index in [1.165, 1.54) is 72.7 Å². The number of carbonyl (C=O) groups excluding carboxylic acids is 3. The average molecular weight is 1590 g/mol. The van der Waals surface area contributed by atoms with Crippen molar-refractivity contribution in [1.82, 2.24) is 35.9 Å². The van der Waals surface area contributed by atoms with Gasteiger partial charge in [0.25, 0.3) is 5.91 Å². The number of aliphatic hydroxyl groups is 4. The molecule has 0 spiro atoms. The number of rotatable bonds is 29. The first-order chi connectivity index (χ1) is 54.4. The number of nitrogens with zero attached hydrogens (tertiary/aromatic N) is 6. The van der Waals surface area contributed by atoms with Crippen LogP contribution in [-0.4, -0.2) is 227 Å². The summed E-state index contributed by atoms with van der Waals surface area (Å²) in [4.78, 5) is 74.4. The number of aliphatic hydroxyl groups excluding tert-OH is 4. The third-order valence-electron chi connectivity index (χ3n) is 25.6. The molecule has 6 aliphatic carbocycles. The second-order valence-electron chi connectivity index (χ2n) is 35.2. The predicted octanol–water partition coefficient (Wildman–Crippen LogP) is 10.2. The number of hydroxylamine groups is 4. The Labute approximate surface area is 678 Å². The van der Waals surface area contributed by atoms with Crippen LogP contribution in [0.5, 0.6) is 11.5 Å². The van der Waals surface area contributed by atoms with Crippen LogP contribution in [0.25, 0.3) is 22.3 Å². The first-order valence-electron chi connectivity index (χ1n) is 40.5. The van der Waals surface area contributed by atoms with Crippen LogP contribution in [0.3, 0.4) is 0 Å². The molecule has 0 radical (unpaired) electrons. The second kappa shape index (κ2) is 38.0. The van der Waals surface area contributed by atoms with Gasteiger partial charge in [-0.25, -0.2) is 13.6 Å². The molecule has 0 unspecified atom stereocenters. The second-order valence-corrected chi connectivity index (χ2v) is 35.2. The highest BCUT2D eigenvalue weighted by molar-refractivity contribution is 5.97. The fraction of sp³-hybridized carbons (Fsp3) is 0.556. The predicted molar refractivity (Wildman–Crippen MR) is 444 cm³/mol.